The minimum Gasteiger partial charge on any atom is -0.367 e. The number of hydrogen-bond donors (Lipinski definition) is 3. The second-order valence-electron chi connectivity index (χ2n) is 6.14. The Morgan fingerprint density at radius 3 is 2.27 bits per heavy atom. The molecule has 3 N–H and O–H groups in total. The van der Waals surface area contributed by atoms with Gasteiger partial charge in [0.15, 0.2) is 0 Å². The Hall–Kier alpha value is -2.14. The van der Waals surface area contributed by atoms with Crippen LogP contribution in [-0.4, -0.2) is 35.1 Å². The average molecular weight is 295 g/mol. The number of anilines is 2. The molecule has 2 heterocycles. The number of benzene rings is 1. The third-order valence-electron chi connectivity index (χ3n) is 4.48. The Kier molecular flexibility index (Phi) is 3.64. The average Bonchev–Trinajstić information content (AvgIpc) is 3.16. The summed E-state index contributed by atoms with van der Waals surface area (Å²) in [6.07, 6.45) is 4.91. The predicted molar refractivity (Wildman–Crippen MR) is 88.2 cm³/mol. The van der Waals surface area contributed by atoms with Crippen molar-refractivity contribution in [3.8, 4) is 0 Å². The van der Waals surface area contributed by atoms with Crippen molar-refractivity contribution in [3.05, 3.63) is 47.8 Å². The summed E-state index contributed by atoms with van der Waals surface area (Å²) in [6.45, 7) is 2.08. The van der Waals surface area contributed by atoms with Crippen LogP contribution < -0.4 is 16.0 Å². The topological polar surface area (TPSA) is 61.9 Å². The van der Waals surface area contributed by atoms with Crippen LogP contribution in [0.25, 0.3) is 0 Å². The van der Waals surface area contributed by atoms with Crippen molar-refractivity contribution in [1.82, 2.24) is 15.3 Å². The van der Waals surface area contributed by atoms with E-state index in [2.05, 4.69) is 50.2 Å². The zero-order valence-corrected chi connectivity index (χ0v) is 12.5. The quantitative estimate of drug-likeness (QED) is 0.803. The van der Waals surface area contributed by atoms with Gasteiger partial charge in [-0.05, 0) is 36.9 Å². The zero-order chi connectivity index (χ0) is 14.8. The molecule has 2 aliphatic rings. The van der Waals surface area contributed by atoms with Crippen LogP contribution in [0.5, 0.6) is 0 Å². The standard InChI is InChI=1S/C17H21N5/c1-2-4-13-8-15(7-12(13)3-1)22-17-9-16(19-11-20-17)21-14-5-6-18-10-14/h1-4,9,11,14-15,18H,5-8,10H2,(H2,19,20,21,22)/t14-/m1/s1. The second-order valence-corrected chi connectivity index (χ2v) is 6.14. The fraction of sp³-hybridized carbons (Fsp3) is 0.412. The zero-order valence-electron chi connectivity index (χ0n) is 12.5. The fourth-order valence-electron chi connectivity index (χ4n) is 3.37. The lowest BCUT2D eigenvalue weighted by atomic mass is 10.1. The first-order valence-electron chi connectivity index (χ1n) is 7.99. The van der Waals surface area contributed by atoms with Gasteiger partial charge in [-0.2, -0.15) is 0 Å². The number of nitrogens with one attached hydrogen (secondary N) is 3. The van der Waals surface area contributed by atoms with E-state index in [1.54, 1.807) is 6.33 Å². The SMILES string of the molecule is c1ccc2c(c1)CC(Nc1cc(N[C@@H]3CCNC3)ncn1)C2. The van der Waals surface area contributed by atoms with Gasteiger partial charge in [-0.25, -0.2) is 9.97 Å². The molecule has 1 atom stereocenters. The van der Waals surface area contributed by atoms with E-state index in [0.29, 0.717) is 12.1 Å². The number of hydrogen-bond acceptors (Lipinski definition) is 5. The lowest BCUT2D eigenvalue weighted by molar-refractivity contribution is 0.765. The molecule has 0 spiro atoms. The van der Waals surface area contributed by atoms with Gasteiger partial charge in [-0.3, -0.25) is 0 Å². The Morgan fingerprint density at radius 2 is 1.64 bits per heavy atom. The molecule has 1 fully saturated rings. The molecule has 0 amide bonds. The molecule has 0 bridgehead atoms. The van der Waals surface area contributed by atoms with Crippen LogP contribution in [0.3, 0.4) is 0 Å². The summed E-state index contributed by atoms with van der Waals surface area (Å²) in [5.41, 5.74) is 2.90. The smallest absolute Gasteiger partial charge is 0.131 e. The summed E-state index contributed by atoms with van der Waals surface area (Å²) in [5, 5.41) is 10.4. The lowest BCUT2D eigenvalue weighted by Crippen LogP contribution is -2.23. The van der Waals surface area contributed by atoms with Crippen LogP contribution in [0.15, 0.2) is 36.7 Å². The molecule has 4 rings (SSSR count). The number of fused-ring (bicyclic) bond motifs is 1. The van der Waals surface area contributed by atoms with Gasteiger partial charge < -0.3 is 16.0 Å². The van der Waals surface area contributed by atoms with Gasteiger partial charge in [0.2, 0.25) is 0 Å². The van der Waals surface area contributed by atoms with Gasteiger partial charge in [0.05, 0.1) is 0 Å². The number of aromatic nitrogens is 2. The first kappa shape index (κ1) is 13.5. The molecule has 114 valence electrons. The monoisotopic (exact) mass is 295 g/mol. The van der Waals surface area contributed by atoms with Crippen LogP contribution in [0.4, 0.5) is 11.6 Å². The van der Waals surface area contributed by atoms with E-state index in [0.717, 1.165) is 44.0 Å². The van der Waals surface area contributed by atoms with E-state index >= 15 is 0 Å². The van der Waals surface area contributed by atoms with E-state index in [1.807, 2.05) is 6.07 Å². The highest BCUT2D eigenvalue weighted by Crippen LogP contribution is 2.24. The van der Waals surface area contributed by atoms with Crippen molar-refractivity contribution < 1.29 is 0 Å². The summed E-state index contributed by atoms with van der Waals surface area (Å²) < 4.78 is 0. The minimum atomic E-state index is 0.424. The van der Waals surface area contributed by atoms with Gasteiger partial charge in [-0.15, -0.1) is 0 Å². The Morgan fingerprint density at radius 1 is 0.955 bits per heavy atom. The van der Waals surface area contributed by atoms with Crippen LogP contribution in [0.1, 0.15) is 17.5 Å². The predicted octanol–water partition coefficient (Wildman–Crippen LogP) is 1.83. The van der Waals surface area contributed by atoms with Gasteiger partial charge in [0, 0.05) is 24.7 Å². The lowest BCUT2D eigenvalue weighted by Gasteiger charge is -2.15. The highest BCUT2D eigenvalue weighted by Gasteiger charge is 2.21. The maximum Gasteiger partial charge on any atom is 0.131 e. The van der Waals surface area contributed by atoms with Gasteiger partial charge >= 0.3 is 0 Å². The van der Waals surface area contributed by atoms with Crippen molar-refractivity contribution in [3.63, 3.8) is 0 Å². The maximum atomic E-state index is 4.36. The van der Waals surface area contributed by atoms with Crippen LogP contribution in [-0.2, 0) is 12.8 Å². The molecular formula is C17H21N5. The van der Waals surface area contributed by atoms with Crippen molar-refractivity contribution in [2.75, 3.05) is 23.7 Å². The molecule has 5 heteroatoms. The number of rotatable bonds is 4. The minimum absolute atomic E-state index is 0.424. The Labute approximate surface area is 130 Å². The van der Waals surface area contributed by atoms with Crippen molar-refractivity contribution in [2.45, 2.75) is 31.3 Å². The second kappa shape index (κ2) is 5.93. The molecule has 0 saturated carbocycles. The first-order valence-corrected chi connectivity index (χ1v) is 7.99. The molecule has 1 saturated heterocycles. The highest BCUT2D eigenvalue weighted by molar-refractivity contribution is 5.49. The Balaban J connectivity index is 1.41. The van der Waals surface area contributed by atoms with Gasteiger partial charge in [0.25, 0.3) is 0 Å². The van der Waals surface area contributed by atoms with E-state index in [9.17, 15) is 0 Å². The first-order chi connectivity index (χ1) is 10.9. The molecule has 1 aliphatic carbocycles. The largest absolute Gasteiger partial charge is 0.367 e. The van der Waals surface area contributed by atoms with Gasteiger partial charge in [-0.1, -0.05) is 24.3 Å². The molecular weight excluding hydrogens is 274 g/mol. The molecule has 5 nitrogen and oxygen atoms in total. The van der Waals surface area contributed by atoms with Crippen LogP contribution in [0, 0.1) is 0 Å². The summed E-state index contributed by atoms with van der Waals surface area (Å²) in [4.78, 5) is 8.69. The third-order valence-corrected chi connectivity index (χ3v) is 4.48. The fourth-order valence-corrected chi connectivity index (χ4v) is 3.37. The van der Waals surface area contributed by atoms with Crippen molar-refractivity contribution in [1.29, 1.82) is 0 Å². The molecule has 22 heavy (non-hydrogen) atoms. The molecule has 0 radical (unpaired) electrons. The molecule has 1 aromatic heterocycles. The van der Waals surface area contributed by atoms with Crippen molar-refractivity contribution >= 4 is 11.6 Å². The van der Waals surface area contributed by atoms with Crippen LogP contribution in [0.2, 0.25) is 0 Å². The maximum absolute atomic E-state index is 4.36. The normalized spacial score (nSPS) is 20.8. The van der Waals surface area contributed by atoms with Crippen molar-refractivity contribution in [2.24, 2.45) is 0 Å². The molecule has 2 aromatic rings. The van der Waals surface area contributed by atoms with E-state index < -0.39 is 0 Å². The third kappa shape index (κ3) is 2.90. The summed E-state index contributed by atoms with van der Waals surface area (Å²) in [6, 6.07) is 11.6. The van der Waals surface area contributed by atoms with E-state index in [1.165, 1.54) is 11.1 Å². The molecule has 0 unspecified atom stereocenters. The van der Waals surface area contributed by atoms with Gasteiger partial charge in [0.1, 0.15) is 18.0 Å². The summed E-state index contributed by atoms with van der Waals surface area (Å²) in [7, 11) is 0. The van der Waals surface area contributed by atoms with E-state index in [4.69, 9.17) is 0 Å². The molecule has 1 aliphatic heterocycles. The van der Waals surface area contributed by atoms with Crippen LogP contribution >= 0.6 is 0 Å². The molecule has 1 aromatic carbocycles. The highest BCUT2D eigenvalue weighted by atomic mass is 15.1. The summed E-state index contributed by atoms with van der Waals surface area (Å²) in [5.74, 6) is 1.81. The number of nitrogens with zero attached hydrogens (tertiary/aromatic N) is 2. The van der Waals surface area contributed by atoms with E-state index in [-0.39, 0.29) is 0 Å². The summed E-state index contributed by atoms with van der Waals surface area (Å²) >= 11 is 0. The Bertz CT molecular complexity index is 626.